The number of benzene rings is 3. The molecule has 0 spiro atoms. The maximum atomic E-state index is 12.5. The highest BCUT2D eigenvalue weighted by Gasteiger charge is 2.11. The average molecular weight is 276 g/mol. The summed E-state index contributed by atoms with van der Waals surface area (Å²) >= 11 is 0. The van der Waals surface area contributed by atoms with E-state index in [-0.39, 0.29) is 5.91 Å². The number of carbonyl (C=O) groups excluding carboxylic acids is 1. The van der Waals surface area contributed by atoms with Crippen LogP contribution in [-0.2, 0) is 0 Å². The van der Waals surface area contributed by atoms with Crippen LogP contribution in [0.5, 0.6) is 0 Å². The molecule has 0 aliphatic heterocycles. The van der Waals surface area contributed by atoms with Gasteiger partial charge in [0.15, 0.2) is 0 Å². The van der Waals surface area contributed by atoms with Crippen LogP contribution in [0, 0.1) is 0 Å². The van der Waals surface area contributed by atoms with Crippen molar-refractivity contribution in [2.45, 2.75) is 0 Å². The molecule has 2 N–H and O–H groups in total. The van der Waals surface area contributed by atoms with Crippen LogP contribution in [0.2, 0.25) is 0 Å². The van der Waals surface area contributed by atoms with Gasteiger partial charge in [-0.25, -0.2) is 0 Å². The van der Waals surface area contributed by atoms with Crippen molar-refractivity contribution >= 4 is 28.1 Å². The molecule has 104 valence electrons. The molecule has 0 heterocycles. The molecule has 1 amide bonds. The van der Waals surface area contributed by atoms with Gasteiger partial charge in [-0.3, -0.25) is 4.79 Å². The number of hydrogen-bond donors (Lipinski definition) is 2. The largest absolute Gasteiger partial charge is 0.387 e. The molecule has 0 aliphatic carbocycles. The Bertz CT molecular complexity index is 791. The normalized spacial score (nSPS) is 10.3. The second-order valence-electron chi connectivity index (χ2n) is 4.78. The minimum Gasteiger partial charge on any atom is -0.387 e. The number of rotatable bonds is 3. The molecular formula is C18H16N2O. The van der Waals surface area contributed by atoms with Gasteiger partial charge in [-0.15, -0.1) is 0 Å². The number of para-hydroxylation sites is 1. The van der Waals surface area contributed by atoms with Gasteiger partial charge in [0, 0.05) is 23.8 Å². The van der Waals surface area contributed by atoms with Crippen molar-refractivity contribution in [1.29, 1.82) is 0 Å². The molecule has 3 aromatic carbocycles. The van der Waals surface area contributed by atoms with Gasteiger partial charge in [0.25, 0.3) is 5.91 Å². The number of carbonyl (C=O) groups is 1. The van der Waals surface area contributed by atoms with Gasteiger partial charge in [-0.05, 0) is 23.6 Å². The average Bonchev–Trinajstić information content (AvgIpc) is 2.55. The van der Waals surface area contributed by atoms with E-state index in [0.29, 0.717) is 5.56 Å². The quantitative estimate of drug-likeness (QED) is 0.755. The Morgan fingerprint density at radius 2 is 1.48 bits per heavy atom. The van der Waals surface area contributed by atoms with E-state index in [1.807, 2.05) is 73.8 Å². The summed E-state index contributed by atoms with van der Waals surface area (Å²) in [6, 6.07) is 21.4. The van der Waals surface area contributed by atoms with E-state index in [1.54, 1.807) is 0 Å². The van der Waals surface area contributed by atoms with Crippen molar-refractivity contribution in [3.05, 3.63) is 72.3 Å². The van der Waals surface area contributed by atoms with Gasteiger partial charge < -0.3 is 10.6 Å². The maximum absolute atomic E-state index is 12.5. The molecule has 3 nitrogen and oxygen atoms in total. The highest BCUT2D eigenvalue weighted by Crippen LogP contribution is 2.24. The van der Waals surface area contributed by atoms with E-state index in [4.69, 9.17) is 0 Å². The molecule has 0 atom stereocenters. The molecule has 0 saturated heterocycles. The summed E-state index contributed by atoms with van der Waals surface area (Å²) in [6.07, 6.45) is 0. The second-order valence-corrected chi connectivity index (χ2v) is 4.78. The fourth-order valence-corrected chi connectivity index (χ4v) is 2.42. The van der Waals surface area contributed by atoms with Gasteiger partial charge in [-0.1, -0.05) is 48.5 Å². The fraction of sp³-hybridized carbons (Fsp3) is 0.0556. The second kappa shape index (κ2) is 5.67. The van der Waals surface area contributed by atoms with Gasteiger partial charge in [0.05, 0.1) is 5.56 Å². The predicted octanol–water partition coefficient (Wildman–Crippen LogP) is 4.13. The number of amides is 1. The van der Waals surface area contributed by atoms with Gasteiger partial charge in [0.1, 0.15) is 0 Å². The number of fused-ring (bicyclic) bond motifs is 1. The Hall–Kier alpha value is -2.81. The third-order valence-corrected chi connectivity index (χ3v) is 3.48. The molecule has 3 aromatic rings. The van der Waals surface area contributed by atoms with E-state index in [9.17, 15) is 4.79 Å². The summed E-state index contributed by atoms with van der Waals surface area (Å²) in [5.41, 5.74) is 2.27. The summed E-state index contributed by atoms with van der Waals surface area (Å²) < 4.78 is 0. The van der Waals surface area contributed by atoms with Crippen LogP contribution < -0.4 is 10.6 Å². The lowest BCUT2D eigenvalue weighted by molar-refractivity contribution is 0.102. The monoisotopic (exact) mass is 276 g/mol. The maximum Gasteiger partial charge on any atom is 0.257 e. The van der Waals surface area contributed by atoms with Gasteiger partial charge in [0.2, 0.25) is 0 Å². The third-order valence-electron chi connectivity index (χ3n) is 3.48. The lowest BCUT2D eigenvalue weighted by atomic mass is 10.1. The van der Waals surface area contributed by atoms with Crippen LogP contribution in [0.1, 0.15) is 10.4 Å². The van der Waals surface area contributed by atoms with E-state index < -0.39 is 0 Å². The van der Waals surface area contributed by atoms with Crippen LogP contribution in [0.3, 0.4) is 0 Å². The molecule has 3 rings (SSSR count). The molecule has 0 radical (unpaired) electrons. The van der Waals surface area contributed by atoms with Crippen LogP contribution in [0.15, 0.2) is 66.7 Å². The lowest BCUT2D eigenvalue weighted by Crippen LogP contribution is -2.14. The first-order chi connectivity index (χ1) is 10.3. The zero-order valence-corrected chi connectivity index (χ0v) is 11.8. The summed E-state index contributed by atoms with van der Waals surface area (Å²) in [4.78, 5) is 12.5. The van der Waals surface area contributed by atoms with E-state index >= 15 is 0 Å². The first kappa shape index (κ1) is 13.2. The minimum absolute atomic E-state index is 0.115. The topological polar surface area (TPSA) is 41.1 Å². The summed E-state index contributed by atoms with van der Waals surface area (Å²) in [7, 11) is 1.81. The number of nitrogens with one attached hydrogen (secondary N) is 2. The van der Waals surface area contributed by atoms with Crippen molar-refractivity contribution in [3.63, 3.8) is 0 Å². The smallest absolute Gasteiger partial charge is 0.257 e. The molecule has 0 aliphatic rings. The Morgan fingerprint density at radius 3 is 2.33 bits per heavy atom. The van der Waals surface area contributed by atoms with Crippen molar-refractivity contribution in [3.8, 4) is 0 Å². The van der Waals surface area contributed by atoms with Crippen molar-refractivity contribution in [2.24, 2.45) is 0 Å². The van der Waals surface area contributed by atoms with Crippen LogP contribution in [-0.4, -0.2) is 13.0 Å². The third kappa shape index (κ3) is 2.58. The van der Waals surface area contributed by atoms with E-state index in [2.05, 4.69) is 10.6 Å². The fourth-order valence-electron chi connectivity index (χ4n) is 2.42. The Labute approximate surface area is 123 Å². The van der Waals surface area contributed by atoms with E-state index in [0.717, 1.165) is 22.1 Å². The van der Waals surface area contributed by atoms with Crippen molar-refractivity contribution in [1.82, 2.24) is 0 Å². The Morgan fingerprint density at radius 1 is 0.810 bits per heavy atom. The van der Waals surface area contributed by atoms with Crippen LogP contribution in [0.25, 0.3) is 10.8 Å². The zero-order valence-electron chi connectivity index (χ0n) is 11.8. The zero-order chi connectivity index (χ0) is 14.7. The standard InChI is InChI=1S/C18H16N2O/c1-19-16-11-5-4-10-15(16)18(21)20-17-12-6-8-13-7-2-3-9-14(13)17/h2-12,19H,1H3,(H,20,21). The number of anilines is 2. The molecule has 21 heavy (non-hydrogen) atoms. The minimum atomic E-state index is -0.115. The van der Waals surface area contributed by atoms with Gasteiger partial charge in [-0.2, -0.15) is 0 Å². The summed E-state index contributed by atoms with van der Waals surface area (Å²) in [6.45, 7) is 0. The Balaban J connectivity index is 1.97. The molecule has 0 bridgehead atoms. The highest BCUT2D eigenvalue weighted by atomic mass is 16.1. The molecular weight excluding hydrogens is 260 g/mol. The highest BCUT2D eigenvalue weighted by molar-refractivity contribution is 6.11. The van der Waals surface area contributed by atoms with E-state index in [1.165, 1.54) is 0 Å². The summed E-state index contributed by atoms with van der Waals surface area (Å²) in [5, 5.41) is 8.18. The lowest BCUT2D eigenvalue weighted by Gasteiger charge is -2.11. The number of hydrogen-bond acceptors (Lipinski definition) is 2. The first-order valence-corrected chi connectivity index (χ1v) is 6.85. The molecule has 0 fully saturated rings. The SMILES string of the molecule is CNc1ccccc1C(=O)Nc1cccc2ccccc12. The first-order valence-electron chi connectivity index (χ1n) is 6.85. The molecule has 0 saturated carbocycles. The Kier molecular flexibility index (Phi) is 3.56. The van der Waals surface area contributed by atoms with Crippen LogP contribution in [0.4, 0.5) is 11.4 Å². The van der Waals surface area contributed by atoms with Gasteiger partial charge >= 0.3 is 0 Å². The molecule has 0 aromatic heterocycles. The summed E-state index contributed by atoms with van der Waals surface area (Å²) in [5.74, 6) is -0.115. The van der Waals surface area contributed by atoms with Crippen LogP contribution >= 0.6 is 0 Å². The van der Waals surface area contributed by atoms with Crippen molar-refractivity contribution in [2.75, 3.05) is 17.7 Å². The molecule has 3 heteroatoms. The predicted molar refractivity (Wildman–Crippen MR) is 87.9 cm³/mol. The molecule has 0 unspecified atom stereocenters. The van der Waals surface area contributed by atoms with Crippen molar-refractivity contribution < 1.29 is 4.79 Å².